The molecule has 2 atom stereocenters. The SMILES string of the molecule is CC12CCC(C(=O)N3CCN(c4cccc(Cl)c4)CC3)(C(=O)OC1=O)C2(C)C. The van der Waals surface area contributed by atoms with Crippen LogP contribution in [0, 0.1) is 16.2 Å². The molecule has 1 amide bonds. The van der Waals surface area contributed by atoms with E-state index in [1.54, 1.807) is 4.90 Å². The fraction of sp³-hybridized carbons (Fsp3) is 0.571. The molecule has 3 aliphatic rings. The van der Waals surface area contributed by atoms with Crippen LogP contribution in [0.25, 0.3) is 0 Å². The fourth-order valence-corrected chi connectivity index (χ4v) is 5.29. The van der Waals surface area contributed by atoms with Crippen molar-refractivity contribution < 1.29 is 19.1 Å². The first-order valence-electron chi connectivity index (χ1n) is 9.70. The van der Waals surface area contributed by atoms with Crippen molar-refractivity contribution in [3.63, 3.8) is 0 Å². The molecule has 1 aliphatic carbocycles. The van der Waals surface area contributed by atoms with Crippen LogP contribution in [-0.2, 0) is 19.1 Å². The number of carbonyl (C=O) groups excluding carboxylic acids is 3. The molecule has 0 radical (unpaired) electrons. The van der Waals surface area contributed by atoms with Gasteiger partial charge in [-0.1, -0.05) is 31.5 Å². The number of cyclic esters (lactones) is 2. The molecule has 2 bridgehead atoms. The van der Waals surface area contributed by atoms with Crippen LogP contribution in [0.2, 0.25) is 5.02 Å². The number of ether oxygens (including phenoxy) is 1. The Bertz CT molecular complexity index is 862. The molecule has 0 spiro atoms. The van der Waals surface area contributed by atoms with E-state index in [1.165, 1.54) is 0 Å². The van der Waals surface area contributed by atoms with Crippen LogP contribution in [0.4, 0.5) is 5.69 Å². The lowest BCUT2D eigenvalue weighted by atomic mass is 9.56. The smallest absolute Gasteiger partial charge is 0.329 e. The number of carbonyl (C=O) groups is 3. The molecule has 2 unspecified atom stereocenters. The fourth-order valence-electron chi connectivity index (χ4n) is 5.10. The Morgan fingerprint density at radius 3 is 2.36 bits per heavy atom. The zero-order chi connectivity index (χ0) is 20.3. The molecule has 150 valence electrons. The molecule has 0 aromatic heterocycles. The van der Waals surface area contributed by atoms with Gasteiger partial charge in [-0.15, -0.1) is 0 Å². The second-order valence-electron chi connectivity index (χ2n) is 8.80. The topological polar surface area (TPSA) is 66.9 Å². The lowest BCUT2D eigenvalue weighted by molar-refractivity contribution is -0.199. The standard InChI is InChI=1S/C21H25ClN2O4/c1-19(2)20(3)7-8-21(19,18(27)28-17(20)26)16(25)24-11-9-23(10-12-24)15-6-4-5-14(22)13-15/h4-6,13H,7-12H2,1-3H3. The minimum absolute atomic E-state index is 0.204. The van der Waals surface area contributed by atoms with E-state index in [0.717, 1.165) is 5.69 Å². The zero-order valence-corrected chi connectivity index (χ0v) is 17.2. The minimum atomic E-state index is -1.28. The molecule has 28 heavy (non-hydrogen) atoms. The number of rotatable bonds is 2. The zero-order valence-electron chi connectivity index (χ0n) is 16.5. The monoisotopic (exact) mass is 404 g/mol. The molecule has 2 aliphatic heterocycles. The summed E-state index contributed by atoms with van der Waals surface area (Å²) in [4.78, 5) is 42.7. The molecular formula is C21H25ClN2O4. The maximum atomic E-state index is 13.6. The van der Waals surface area contributed by atoms with Gasteiger partial charge in [0, 0.05) is 42.3 Å². The third kappa shape index (κ3) is 2.36. The van der Waals surface area contributed by atoms with Crippen molar-refractivity contribution in [3.8, 4) is 0 Å². The number of piperazine rings is 1. The van der Waals surface area contributed by atoms with Crippen molar-refractivity contribution in [2.45, 2.75) is 33.6 Å². The molecule has 4 rings (SSSR count). The van der Waals surface area contributed by atoms with E-state index < -0.39 is 28.2 Å². The Kier molecular flexibility index (Phi) is 4.27. The number of esters is 2. The highest BCUT2D eigenvalue weighted by molar-refractivity contribution is 6.30. The summed E-state index contributed by atoms with van der Waals surface area (Å²) >= 11 is 6.09. The van der Waals surface area contributed by atoms with Gasteiger partial charge >= 0.3 is 11.9 Å². The number of benzene rings is 1. The number of hydrogen-bond donors (Lipinski definition) is 0. The van der Waals surface area contributed by atoms with Gasteiger partial charge in [-0.2, -0.15) is 0 Å². The molecule has 1 saturated carbocycles. The molecule has 0 N–H and O–H groups in total. The largest absolute Gasteiger partial charge is 0.392 e. The summed E-state index contributed by atoms with van der Waals surface area (Å²) in [6.45, 7) is 7.88. The van der Waals surface area contributed by atoms with E-state index in [4.69, 9.17) is 16.3 Å². The number of amides is 1. The summed E-state index contributed by atoms with van der Waals surface area (Å²) in [7, 11) is 0. The molecular weight excluding hydrogens is 380 g/mol. The average Bonchev–Trinajstić information content (AvgIpc) is 2.82. The summed E-state index contributed by atoms with van der Waals surface area (Å²) in [6.07, 6.45) is 0.840. The second kappa shape index (κ2) is 6.21. The Labute approximate surface area is 169 Å². The van der Waals surface area contributed by atoms with Crippen molar-refractivity contribution in [2.75, 3.05) is 31.1 Å². The molecule has 1 aromatic rings. The van der Waals surface area contributed by atoms with Crippen LogP contribution >= 0.6 is 11.6 Å². The van der Waals surface area contributed by atoms with E-state index in [0.29, 0.717) is 44.0 Å². The number of nitrogens with zero attached hydrogens (tertiary/aromatic N) is 2. The van der Waals surface area contributed by atoms with Crippen molar-refractivity contribution in [2.24, 2.45) is 16.2 Å². The van der Waals surface area contributed by atoms with Crippen molar-refractivity contribution in [3.05, 3.63) is 29.3 Å². The van der Waals surface area contributed by atoms with Gasteiger partial charge in [-0.25, -0.2) is 0 Å². The predicted octanol–water partition coefficient (Wildman–Crippen LogP) is 2.88. The Morgan fingerprint density at radius 1 is 1.04 bits per heavy atom. The van der Waals surface area contributed by atoms with E-state index in [2.05, 4.69) is 4.90 Å². The average molecular weight is 405 g/mol. The third-order valence-electron chi connectivity index (χ3n) is 7.54. The highest BCUT2D eigenvalue weighted by Gasteiger charge is 2.75. The van der Waals surface area contributed by atoms with E-state index in [1.807, 2.05) is 45.0 Å². The van der Waals surface area contributed by atoms with Gasteiger partial charge in [0.25, 0.3) is 0 Å². The summed E-state index contributed by atoms with van der Waals surface area (Å²) < 4.78 is 5.08. The van der Waals surface area contributed by atoms with Crippen LogP contribution in [0.1, 0.15) is 33.6 Å². The van der Waals surface area contributed by atoms with Crippen LogP contribution in [0.5, 0.6) is 0 Å². The van der Waals surface area contributed by atoms with Gasteiger partial charge in [-0.3, -0.25) is 14.4 Å². The first-order chi connectivity index (χ1) is 13.1. The number of fused-ring (bicyclic) bond motifs is 2. The lowest BCUT2D eigenvalue weighted by Gasteiger charge is -2.50. The van der Waals surface area contributed by atoms with Crippen molar-refractivity contribution in [1.82, 2.24) is 4.90 Å². The molecule has 2 saturated heterocycles. The van der Waals surface area contributed by atoms with Crippen molar-refractivity contribution in [1.29, 1.82) is 0 Å². The van der Waals surface area contributed by atoms with Crippen LogP contribution < -0.4 is 4.90 Å². The van der Waals surface area contributed by atoms with Crippen LogP contribution in [0.15, 0.2) is 24.3 Å². The Morgan fingerprint density at radius 2 is 1.71 bits per heavy atom. The minimum Gasteiger partial charge on any atom is -0.392 e. The van der Waals surface area contributed by atoms with Crippen LogP contribution in [0.3, 0.4) is 0 Å². The molecule has 3 fully saturated rings. The quantitative estimate of drug-likeness (QED) is 0.560. The lowest BCUT2D eigenvalue weighted by Crippen LogP contribution is -2.64. The van der Waals surface area contributed by atoms with E-state index >= 15 is 0 Å². The maximum Gasteiger partial charge on any atom is 0.329 e. The summed E-state index contributed by atoms with van der Waals surface area (Å²) in [5.41, 5.74) is -1.87. The van der Waals surface area contributed by atoms with Gasteiger partial charge in [0.2, 0.25) is 5.91 Å². The summed E-state index contributed by atoms with van der Waals surface area (Å²) in [6, 6.07) is 7.65. The van der Waals surface area contributed by atoms with Gasteiger partial charge in [0.05, 0.1) is 5.41 Å². The Hall–Kier alpha value is -2.08. The second-order valence-corrected chi connectivity index (χ2v) is 9.23. The highest BCUT2D eigenvalue weighted by atomic mass is 35.5. The molecule has 2 heterocycles. The van der Waals surface area contributed by atoms with Crippen LogP contribution in [-0.4, -0.2) is 48.9 Å². The highest BCUT2D eigenvalue weighted by Crippen LogP contribution is 2.66. The van der Waals surface area contributed by atoms with Crippen molar-refractivity contribution >= 4 is 35.1 Å². The molecule has 6 nitrogen and oxygen atoms in total. The van der Waals surface area contributed by atoms with Gasteiger partial charge in [-0.05, 0) is 38.0 Å². The summed E-state index contributed by atoms with van der Waals surface area (Å²) in [5, 5.41) is 0.677. The molecule has 7 heteroatoms. The third-order valence-corrected chi connectivity index (χ3v) is 7.77. The first kappa shape index (κ1) is 19.2. The number of hydrogen-bond acceptors (Lipinski definition) is 5. The van der Waals surface area contributed by atoms with E-state index in [9.17, 15) is 14.4 Å². The maximum absolute atomic E-state index is 13.6. The number of anilines is 1. The summed E-state index contributed by atoms with van der Waals surface area (Å²) in [5.74, 6) is -1.39. The predicted molar refractivity (Wildman–Crippen MR) is 105 cm³/mol. The number of halogens is 1. The molecule has 1 aromatic carbocycles. The van der Waals surface area contributed by atoms with E-state index in [-0.39, 0.29) is 5.91 Å². The first-order valence-corrected chi connectivity index (χ1v) is 10.1. The normalized spacial score (nSPS) is 31.7. The van der Waals surface area contributed by atoms with Gasteiger partial charge in [0.1, 0.15) is 0 Å². The van der Waals surface area contributed by atoms with Gasteiger partial charge < -0.3 is 14.5 Å². The Balaban J connectivity index is 1.56. The van der Waals surface area contributed by atoms with Gasteiger partial charge in [0.15, 0.2) is 5.41 Å².